The lowest BCUT2D eigenvalue weighted by Crippen LogP contribution is -2.38. The lowest BCUT2D eigenvalue weighted by Gasteiger charge is -2.21. The number of halogens is 1. The number of rotatable bonds is 5. The normalized spacial score (nSPS) is 14.6. The molecule has 2 N–H and O–H groups in total. The van der Waals surface area contributed by atoms with Gasteiger partial charge in [0.05, 0.1) is 4.90 Å². The van der Waals surface area contributed by atoms with Crippen LogP contribution in [0.25, 0.3) is 11.0 Å². The highest BCUT2D eigenvalue weighted by Crippen LogP contribution is 2.27. The summed E-state index contributed by atoms with van der Waals surface area (Å²) in [7, 11) is -3.95. The Morgan fingerprint density at radius 2 is 1.92 bits per heavy atom. The van der Waals surface area contributed by atoms with Crippen LogP contribution in [-0.4, -0.2) is 20.1 Å². The van der Waals surface area contributed by atoms with Crippen molar-refractivity contribution in [2.75, 3.05) is 6.54 Å². The molecule has 3 aromatic rings. The van der Waals surface area contributed by atoms with E-state index in [1.807, 2.05) is 12.1 Å². The summed E-state index contributed by atoms with van der Waals surface area (Å²) in [4.78, 5) is -0.206. The minimum absolute atomic E-state index is 0.206. The van der Waals surface area contributed by atoms with E-state index >= 15 is 0 Å². The number of fused-ring (bicyclic) bond motifs is 1. The number of hydrogen-bond acceptors (Lipinski definition) is 4. The number of benzene rings is 2. The van der Waals surface area contributed by atoms with Crippen LogP contribution in [0.1, 0.15) is 12.7 Å². The molecule has 0 aliphatic carbocycles. The average Bonchev–Trinajstić information content (AvgIpc) is 2.98. The lowest BCUT2D eigenvalue weighted by molar-refractivity contribution is 0.0412. The second-order valence-electron chi connectivity index (χ2n) is 5.70. The van der Waals surface area contributed by atoms with Gasteiger partial charge in [0.25, 0.3) is 0 Å². The van der Waals surface area contributed by atoms with E-state index in [9.17, 15) is 17.9 Å². The van der Waals surface area contributed by atoms with E-state index in [2.05, 4.69) is 4.72 Å². The Kier molecular flexibility index (Phi) is 4.16. The number of sulfonamides is 1. The first-order chi connectivity index (χ1) is 11.3. The molecule has 0 amide bonds. The maximum atomic E-state index is 13.2. The van der Waals surface area contributed by atoms with Gasteiger partial charge in [0.1, 0.15) is 22.8 Å². The first-order valence-electron chi connectivity index (χ1n) is 7.25. The zero-order chi connectivity index (χ0) is 17.4. The van der Waals surface area contributed by atoms with E-state index < -0.39 is 21.4 Å². The van der Waals surface area contributed by atoms with E-state index in [0.717, 1.165) is 17.5 Å². The van der Waals surface area contributed by atoms with Crippen LogP contribution in [0.5, 0.6) is 0 Å². The van der Waals surface area contributed by atoms with Gasteiger partial charge in [-0.05, 0) is 37.3 Å². The molecule has 0 aliphatic heterocycles. The largest absolute Gasteiger partial charge is 0.458 e. The molecule has 0 radical (unpaired) electrons. The fourth-order valence-electron chi connectivity index (χ4n) is 2.29. The quantitative estimate of drug-likeness (QED) is 0.742. The molecule has 1 atom stereocenters. The summed E-state index contributed by atoms with van der Waals surface area (Å²) in [6, 6.07) is 13.5. The third-order valence-corrected chi connectivity index (χ3v) is 5.07. The molecule has 0 spiro atoms. The highest BCUT2D eigenvalue weighted by atomic mass is 32.2. The third-order valence-electron chi connectivity index (χ3n) is 3.67. The van der Waals surface area contributed by atoms with Gasteiger partial charge in [-0.1, -0.05) is 24.3 Å². The predicted molar refractivity (Wildman–Crippen MR) is 87.4 cm³/mol. The van der Waals surface area contributed by atoms with Crippen molar-refractivity contribution in [3.8, 4) is 0 Å². The molecule has 1 aromatic heterocycles. The Balaban J connectivity index is 1.81. The van der Waals surface area contributed by atoms with Crippen molar-refractivity contribution >= 4 is 21.0 Å². The maximum Gasteiger partial charge on any atom is 0.240 e. The number of hydrogen-bond donors (Lipinski definition) is 2. The van der Waals surface area contributed by atoms with Crippen LogP contribution < -0.4 is 4.72 Å². The van der Waals surface area contributed by atoms with Crippen molar-refractivity contribution in [2.24, 2.45) is 0 Å². The third kappa shape index (κ3) is 3.33. The highest BCUT2D eigenvalue weighted by molar-refractivity contribution is 7.89. The van der Waals surface area contributed by atoms with E-state index in [1.165, 1.54) is 19.1 Å². The maximum absolute atomic E-state index is 13.2. The van der Waals surface area contributed by atoms with Crippen LogP contribution in [0.4, 0.5) is 4.39 Å². The van der Waals surface area contributed by atoms with Gasteiger partial charge in [0.2, 0.25) is 10.0 Å². The van der Waals surface area contributed by atoms with Crippen molar-refractivity contribution in [3.63, 3.8) is 0 Å². The summed E-state index contributed by atoms with van der Waals surface area (Å²) >= 11 is 0. The summed E-state index contributed by atoms with van der Waals surface area (Å²) in [5, 5.41) is 11.4. The summed E-state index contributed by atoms with van der Waals surface area (Å²) in [6.45, 7) is 1.13. The summed E-state index contributed by atoms with van der Waals surface area (Å²) in [6.07, 6.45) is 0. The van der Waals surface area contributed by atoms with Crippen molar-refractivity contribution in [1.82, 2.24) is 4.72 Å². The lowest BCUT2D eigenvalue weighted by atomic mass is 10.0. The molecule has 0 saturated carbocycles. The van der Waals surface area contributed by atoms with Crippen LogP contribution in [-0.2, 0) is 15.6 Å². The van der Waals surface area contributed by atoms with Gasteiger partial charge in [-0.3, -0.25) is 0 Å². The molecule has 0 saturated heterocycles. The molecule has 0 bridgehead atoms. The van der Waals surface area contributed by atoms with Gasteiger partial charge in [-0.25, -0.2) is 17.5 Å². The number of nitrogens with one attached hydrogen (secondary N) is 1. The second kappa shape index (κ2) is 6.01. The standard InChI is InChI=1S/C17H16FNO4S/c1-17(20,16-9-12-5-2-3-8-15(12)23-16)11-19-24(21,22)14-7-4-6-13(18)10-14/h2-10,19-20H,11H2,1H3. The Hall–Kier alpha value is -2.22. The highest BCUT2D eigenvalue weighted by Gasteiger charge is 2.30. The Morgan fingerprint density at radius 3 is 2.62 bits per heavy atom. The molecule has 0 fully saturated rings. The topological polar surface area (TPSA) is 79.5 Å². The van der Waals surface area contributed by atoms with E-state index in [-0.39, 0.29) is 17.2 Å². The minimum atomic E-state index is -3.95. The Labute approximate surface area is 138 Å². The monoisotopic (exact) mass is 349 g/mol. The van der Waals surface area contributed by atoms with Gasteiger partial charge < -0.3 is 9.52 Å². The molecule has 5 nitrogen and oxygen atoms in total. The van der Waals surface area contributed by atoms with Crippen LogP contribution in [0, 0.1) is 5.82 Å². The number of furan rings is 1. The molecule has 24 heavy (non-hydrogen) atoms. The van der Waals surface area contributed by atoms with Gasteiger partial charge in [-0.2, -0.15) is 0 Å². The van der Waals surface area contributed by atoms with Gasteiger partial charge >= 0.3 is 0 Å². The first kappa shape index (κ1) is 16.6. The molecule has 2 aromatic carbocycles. The molecule has 3 rings (SSSR count). The zero-order valence-corrected chi connectivity index (χ0v) is 13.7. The fourth-order valence-corrected chi connectivity index (χ4v) is 3.45. The van der Waals surface area contributed by atoms with Gasteiger partial charge in [-0.15, -0.1) is 0 Å². The summed E-state index contributed by atoms with van der Waals surface area (Å²) < 4.78 is 45.5. The van der Waals surface area contributed by atoms with Crippen molar-refractivity contribution in [3.05, 3.63) is 66.2 Å². The minimum Gasteiger partial charge on any atom is -0.458 e. The molecule has 0 aliphatic rings. The number of aliphatic hydroxyl groups is 1. The molecule has 1 heterocycles. The molecule has 1 unspecified atom stereocenters. The van der Waals surface area contributed by atoms with Crippen LogP contribution >= 0.6 is 0 Å². The first-order valence-corrected chi connectivity index (χ1v) is 8.73. The van der Waals surface area contributed by atoms with E-state index in [4.69, 9.17) is 4.42 Å². The summed E-state index contributed by atoms with van der Waals surface area (Å²) in [5.74, 6) is -0.410. The SMILES string of the molecule is CC(O)(CNS(=O)(=O)c1cccc(F)c1)c1cc2ccccc2o1. The van der Waals surface area contributed by atoms with E-state index in [1.54, 1.807) is 18.2 Å². The van der Waals surface area contributed by atoms with Gasteiger partial charge in [0, 0.05) is 11.9 Å². The Morgan fingerprint density at radius 1 is 1.17 bits per heavy atom. The van der Waals surface area contributed by atoms with Crippen LogP contribution in [0.15, 0.2) is 63.9 Å². The van der Waals surface area contributed by atoms with Crippen molar-refractivity contribution in [2.45, 2.75) is 17.4 Å². The van der Waals surface area contributed by atoms with Crippen LogP contribution in [0.3, 0.4) is 0 Å². The average molecular weight is 349 g/mol. The Bertz CT molecular complexity index is 946. The predicted octanol–water partition coefficient (Wildman–Crippen LogP) is 2.76. The molecular weight excluding hydrogens is 333 g/mol. The summed E-state index contributed by atoms with van der Waals surface area (Å²) in [5.41, 5.74) is -0.958. The molecule has 7 heteroatoms. The van der Waals surface area contributed by atoms with Crippen molar-refractivity contribution in [1.29, 1.82) is 0 Å². The van der Waals surface area contributed by atoms with Crippen molar-refractivity contribution < 1.29 is 22.3 Å². The van der Waals surface area contributed by atoms with Gasteiger partial charge in [0.15, 0.2) is 0 Å². The number of para-hydroxylation sites is 1. The zero-order valence-electron chi connectivity index (χ0n) is 12.9. The van der Waals surface area contributed by atoms with E-state index in [0.29, 0.717) is 5.58 Å². The fraction of sp³-hybridized carbons (Fsp3) is 0.176. The molecule has 126 valence electrons. The second-order valence-corrected chi connectivity index (χ2v) is 7.47. The molecular formula is C17H16FNO4S. The smallest absolute Gasteiger partial charge is 0.240 e. The van der Waals surface area contributed by atoms with Crippen LogP contribution in [0.2, 0.25) is 0 Å².